The number of fused-ring (bicyclic) bond motifs is 1. The summed E-state index contributed by atoms with van der Waals surface area (Å²) in [7, 11) is 0. The van der Waals surface area contributed by atoms with Crippen LogP contribution < -0.4 is 0 Å². The summed E-state index contributed by atoms with van der Waals surface area (Å²) in [5, 5.41) is 0. The number of amides is 1. The Kier molecular flexibility index (Phi) is 2.40. The largest absolute Gasteiger partial charge is 0.332 e. The Morgan fingerprint density at radius 2 is 2.31 bits per heavy atom. The van der Waals surface area contributed by atoms with E-state index in [4.69, 9.17) is 0 Å². The van der Waals surface area contributed by atoms with Gasteiger partial charge in [0, 0.05) is 25.8 Å². The summed E-state index contributed by atoms with van der Waals surface area (Å²) in [4.78, 5) is 13.2. The van der Waals surface area contributed by atoms with Crippen molar-refractivity contribution in [2.24, 2.45) is 0 Å². The fourth-order valence-electron chi connectivity index (χ4n) is 3.16. The Labute approximate surface area is 97.0 Å². The summed E-state index contributed by atoms with van der Waals surface area (Å²) < 4.78 is 1.26. The maximum atomic E-state index is 11.4. The normalized spacial score (nSPS) is 35.9. The van der Waals surface area contributed by atoms with E-state index in [9.17, 15) is 4.79 Å². The van der Waals surface area contributed by atoms with Crippen LogP contribution in [0.25, 0.3) is 0 Å². The molecule has 86 valence electrons. The van der Waals surface area contributed by atoms with Crippen LogP contribution in [0.2, 0.25) is 0 Å². The molecule has 0 aliphatic carbocycles. The molecule has 3 saturated heterocycles. The standard InChI is InChI=1S/C13H19N2O/c16-13-6-3-8-14(13)7-1-2-9-15-10-4-5-12(15)11-15/h12H,3-11H2/q+1. The second kappa shape index (κ2) is 3.78. The molecule has 3 heteroatoms. The highest BCUT2D eigenvalue weighted by molar-refractivity contribution is 5.78. The number of carbonyl (C=O) groups is 1. The predicted molar refractivity (Wildman–Crippen MR) is 61.5 cm³/mol. The summed E-state index contributed by atoms with van der Waals surface area (Å²) in [5.41, 5.74) is 0. The lowest BCUT2D eigenvalue weighted by Crippen LogP contribution is -2.27. The second-order valence-corrected chi connectivity index (χ2v) is 5.35. The first-order valence-electron chi connectivity index (χ1n) is 6.39. The van der Waals surface area contributed by atoms with Gasteiger partial charge >= 0.3 is 0 Å². The van der Waals surface area contributed by atoms with E-state index in [0.717, 1.165) is 32.0 Å². The van der Waals surface area contributed by atoms with Crippen molar-refractivity contribution in [2.45, 2.75) is 31.7 Å². The first-order chi connectivity index (χ1) is 7.80. The molecule has 0 aromatic rings. The Morgan fingerprint density at radius 3 is 2.94 bits per heavy atom. The van der Waals surface area contributed by atoms with Crippen molar-refractivity contribution in [3.05, 3.63) is 0 Å². The molecule has 3 nitrogen and oxygen atoms in total. The van der Waals surface area contributed by atoms with Gasteiger partial charge in [-0.2, -0.15) is 0 Å². The lowest BCUT2D eigenvalue weighted by molar-refractivity contribution is -0.794. The van der Waals surface area contributed by atoms with Gasteiger partial charge in [0.25, 0.3) is 0 Å². The molecule has 3 aliphatic heterocycles. The maximum Gasteiger partial charge on any atom is 0.223 e. The van der Waals surface area contributed by atoms with Gasteiger partial charge < -0.3 is 9.38 Å². The molecule has 0 aromatic heterocycles. The number of hydrogen-bond acceptors (Lipinski definition) is 1. The van der Waals surface area contributed by atoms with Gasteiger partial charge in [0.1, 0.15) is 19.1 Å². The molecule has 3 rings (SSSR count). The molecule has 0 radical (unpaired) electrons. The van der Waals surface area contributed by atoms with Crippen LogP contribution in [-0.4, -0.2) is 54.1 Å². The van der Waals surface area contributed by atoms with Crippen LogP contribution in [0.4, 0.5) is 0 Å². The fourth-order valence-corrected chi connectivity index (χ4v) is 3.16. The van der Waals surface area contributed by atoms with Gasteiger partial charge in [-0.05, 0) is 12.3 Å². The van der Waals surface area contributed by atoms with Gasteiger partial charge in [0.05, 0.1) is 13.1 Å². The van der Waals surface area contributed by atoms with E-state index in [1.54, 1.807) is 0 Å². The van der Waals surface area contributed by atoms with Gasteiger partial charge in [0.15, 0.2) is 0 Å². The van der Waals surface area contributed by atoms with Crippen LogP contribution in [-0.2, 0) is 4.79 Å². The van der Waals surface area contributed by atoms with E-state index in [1.165, 1.54) is 30.4 Å². The van der Waals surface area contributed by atoms with Crippen molar-refractivity contribution < 1.29 is 9.28 Å². The van der Waals surface area contributed by atoms with Crippen molar-refractivity contribution in [3.63, 3.8) is 0 Å². The van der Waals surface area contributed by atoms with Gasteiger partial charge in [-0.25, -0.2) is 0 Å². The fraction of sp³-hybridized carbons (Fsp3) is 0.769. The molecule has 1 amide bonds. The number of rotatable bonds is 2. The summed E-state index contributed by atoms with van der Waals surface area (Å²) in [6, 6.07) is 0.933. The van der Waals surface area contributed by atoms with E-state index in [1.807, 2.05) is 4.90 Å². The molecule has 3 fully saturated rings. The topological polar surface area (TPSA) is 20.3 Å². The SMILES string of the molecule is O=C1CCCN1CC#CC[N+]12CCCC1C2. The van der Waals surface area contributed by atoms with E-state index < -0.39 is 0 Å². The monoisotopic (exact) mass is 219 g/mol. The van der Waals surface area contributed by atoms with Crippen molar-refractivity contribution in [1.29, 1.82) is 0 Å². The Morgan fingerprint density at radius 1 is 1.38 bits per heavy atom. The first-order valence-corrected chi connectivity index (χ1v) is 6.39. The highest BCUT2D eigenvalue weighted by atomic mass is 16.2. The molecule has 16 heavy (non-hydrogen) atoms. The van der Waals surface area contributed by atoms with E-state index in [0.29, 0.717) is 6.54 Å². The maximum absolute atomic E-state index is 11.4. The predicted octanol–water partition coefficient (Wildman–Crippen LogP) is 0.605. The van der Waals surface area contributed by atoms with Crippen LogP contribution in [0.15, 0.2) is 0 Å². The summed E-state index contributed by atoms with van der Waals surface area (Å²) in [6.45, 7) is 5.28. The van der Waals surface area contributed by atoms with E-state index >= 15 is 0 Å². The van der Waals surface area contributed by atoms with Crippen LogP contribution in [0.1, 0.15) is 25.7 Å². The van der Waals surface area contributed by atoms with Crippen molar-refractivity contribution in [1.82, 2.24) is 4.90 Å². The molecule has 0 aromatic carbocycles. The number of likely N-dealkylation sites (tertiary alicyclic amines) is 1. The Balaban J connectivity index is 1.47. The molecular formula is C13H19N2O+. The number of hydrogen-bond donors (Lipinski definition) is 0. The average Bonchev–Trinajstić information content (AvgIpc) is 2.63. The number of carbonyl (C=O) groups excluding carboxylic acids is 1. The molecule has 0 bridgehead atoms. The second-order valence-electron chi connectivity index (χ2n) is 5.35. The van der Waals surface area contributed by atoms with E-state index in [2.05, 4.69) is 11.8 Å². The number of nitrogens with zero attached hydrogens (tertiary/aromatic N) is 2. The molecule has 2 atom stereocenters. The third-order valence-corrected chi connectivity index (χ3v) is 4.32. The number of quaternary nitrogens is 1. The van der Waals surface area contributed by atoms with Crippen LogP contribution >= 0.6 is 0 Å². The quantitative estimate of drug-likeness (QED) is 0.378. The van der Waals surface area contributed by atoms with Gasteiger partial charge in [-0.3, -0.25) is 4.79 Å². The highest BCUT2D eigenvalue weighted by Gasteiger charge is 2.57. The minimum absolute atomic E-state index is 0.284. The lowest BCUT2D eigenvalue weighted by Gasteiger charge is -2.12. The summed E-state index contributed by atoms with van der Waals surface area (Å²) in [5.74, 6) is 6.75. The Bertz CT molecular complexity index is 368. The van der Waals surface area contributed by atoms with Crippen LogP contribution in [0.3, 0.4) is 0 Å². The Hall–Kier alpha value is -1.01. The zero-order valence-electron chi connectivity index (χ0n) is 9.74. The van der Waals surface area contributed by atoms with Crippen molar-refractivity contribution >= 4 is 5.91 Å². The minimum atomic E-state index is 0.284. The van der Waals surface area contributed by atoms with Gasteiger partial charge in [-0.1, -0.05) is 5.92 Å². The van der Waals surface area contributed by atoms with Crippen LogP contribution in [0, 0.1) is 11.8 Å². The third-order valence-electron chi connectivity index (χ3n) is 4.32. The molecule has 0 saturated carbocycles. The van der Waals surface area contributed by atoms with Crippen molar-refractivity contribution in [2.75, 3.05) is 32.7 Å². The zero-order valence-corrected chi connectivity index (χ0v) is 9.74. The molecule has 2 unspecified atom stereocenters. The average molecular weight is 219 g/mol. The lowest BCUT2D eigenvalue weighted by atomic mass is 10.3. The van der Waals surface area contributed by atoms with E-state index in [-0.39, 0.29) is 5.91 Å². The van der Waals surface area contributed by atoms with Crippen LogP contribution in [0.5, 0.6) is 0 Å². The third kappa shape index (κ3) is 1.72. The zero-order chi connectivity index (χ0) is 11.0. The molecule has 0 spiro atoms. The molecular weight excluding hydrogens is 200 g/mol. The first kappa shape index (κ1) is 10.2. The minimum Gasteiger partial charge on any atom is -0.332 e. The highest BCUT2D eigenvalue weighted by Crippen LogP contribution is 2.40. The van der Waals surface area contributed by atoms with Crippen molar-refractivity contribution in [3.8, 4) is 11.8 Å². The molecule has 0 N–H and O–H groups in total. The molecule has 3 aliphatic rings. The molecule has 3 heterocycles. The smallest absolute Gasteiger partial charge is 0.223 e. The summed E-state index contributed by atoms with van der Waals surface area (Å²) in [6.07, 6.45) is 4.54. The number of piperidine rings is 1. The van der Waals surface area contributed by atoms with Gasteiger partial charge in [0.2, 0.25) is 5.91 Å². The summed E-state index contributed by atoms with van der Waals surface area (Å²) >= 11 is 0. The van der Waals surface area contributed by atoms with Gasteiger partial charge in [-0.15, -0.1) is 0 Å².